The molecule has 0 bridgehead atoms. The molecule has 1 aliphatic heterocycles. The second kappa shape index (κ2) is 9.03. The highest BCUT2D eigenvalue weighted by molar-refractivity contribution is 6.21. The van der Waals surface area contributed by atoms with E-state index < -0.39 is 0 Å². The minimum absolute atomic E-state index is 0.00179. The standard InChI is InChI=1S/C24H28N2O3/c1-16(2)18-13-9-10-17(3)22(18)25-21(27)14-5-4-8-15-26-23(28)19-11-6-7-12-20(19)24(26)29/h6-7,9-13,16H,4-5,8,14-15H2,1-3H3,(H,25,27). The second-order valence-electron chi connectivity index (χ2n) is 7.86. The Morgan fingerprint density at radius 2 is 1.59 bits per heavy atom. The highest BCUT2D eigenvalue weighted by atomic mass is 16.2. The van der Waals surface area contributed by atoms with E-state index in [0.29, 0.717) is 36.4 Å². The zero-order valence-electron chi connectivity index (χ0n) is 17.3. The Balaban J connectivity index is 1.45. The first-order valence-corrected chi connectivity index (χ1v) is 10.2. The highest BCUT2D eigenvalue weighted by Crippen LogP contribution is 2.27. The lowest BCUT2D eigenvalue weighted by Crippen LogP contribution is -2.30. The Kier molecular flexibility index (Phi) is 6.47. The summed E-state index contributed by atoms with van der Waals surface area (Å²) in [5.74, 6) is -0.0972. The lowest BCUT2D eigenvalue weighted by atomic mass is 9.98. The SMILES string of the molecule is Cc1cccc(C(C)C)c1NC(=O)CCCCCN1C(=O)c2ccccc2C1=O. The number of imide groups is 1. The minimum Gasteiger partial charge on any atom is -0.326 e. The molecule has 2 aromatic carbocycles. The molecule has 5 heteroatoms. The largest absolute Gasteiger partial charge is 0.326 e. The van der Waals surface area contributed by atoms with Gasteiger partial charge in [0.05, 0.1) is 11.1 Å². The maximum Gasteiger partial charge on any atom is 0.261 e. The summed E-state index contributed by atoms with van der Waals surface area (Å²) in [6, 6.07) is 13.0. The highest BCUT2D eigenvalue weighted by Gasteiger charge is 2.34. The number of unbranched alkanes of at least 4 members (excludes halogenated alkanes) is 2. The number of para-hydroxylation sites is 1. The van der Waals surface area contributed by atoms with Crippen LogP contribution in [0.2, 0.25) is 0 Å². The summed E-state index contributed by atoms with van der Waals surface area (Å²) in [6.07, 6.45) is 2.62. The Hall–Kier alpha value is -2.95. The molecule has 0 spiro atoms. The van der Waals surface area contributed by atoms with Crippen LogP contribution >= 0.6 is 0 Å². The van der Waals surface area contributed by atoms with E-state index in [-0.39, 0.29) is 17.7 Å². The van der Waals surface area contributed by atoms with Crippen LogP contribution in [0, 0.1) is 6.92 Å². The van der Waals surface area contributed by atoms with Gasteiger partial charge in [-0.1, -0.05) is 50.6 Å². The van der Waals surface area contributed by atoms with Crippen molar-refractivity contribution in [3.63, 3.8) is 0 Å². The molecule has 3 rings (SSSR count). The first-order chi connectivity index (χ1) is 13.9. The van der Waals surface area contributed by atoms with Crippen molar-refractivity contribution < 1.29 is 14.4 Å². The van der Waals surface area contributed by atoms with Crippen LogP contribution in [0.3, 0.4) is 0 Å². The number of benzene rings is 2. The van der Waals surface area contributed by atoms with Crippen LogP contribution in [0.5, 0.6) is 0 Å². The topological polar surface area (TPSA) is 66.5 Å². The molecule has 2 aromatic rings. The van der Waals surface area contributed by atoms with Gasteiger partial charge in [-0.2, -0.15) is 0 Å². The smallest absolute Gasteiger partial charge is 0.261 e. The van der Waals surface area contributed by atoms with Crippen molar-refractivity contribution in [2.24, 2.45) is 0 Å². The Bertz CT molecular complexity index is 898. The summed E-state index contributed by atoms with van der Waals surface area (Å²) in [5, 5.41) is 3.06. The first-order valence-electron chi connectivity index (χ1n) is 10.2. The van der Waals surface area contributed by atoms with Crippen LogP contribution in [0.1, 0.15) is 77.3 Å². The lowest BCUT2D eigenvalue weighted by molar-refractivity contribution is -0.116. The second-order valence-corrected chi connectivity index (χ2v) is 7.86. The summed E-state index contributed by atoms with van der Waals surface area (Å²) in [4.78, 5) is 38.4. The molecule has 0 atom stereocenters. The Morgan fingerprint density at radius 3 is 2.21 bits per heavy atom. The van der Waals surface area contributed by atoms with E-state index in [2.05, 4.69) is 25.2 Å². The van der Waals surface area contributed by atoms with Gasteiger partial charge in [0.25, 0.3) is 11.8 Å². The Labute approximate surface area is 172 Å². The molecule has 1 N–H and O–H groups in total. The summed E-state index contributed by atoms with van der Waals surface area (Å²) in [6.45, 7) is 6.63. The van der Waals surface area contributed by atoms with Crippen molar-refractivity contribution in [2.45, 2.75) is 52.4 Å². The van der Waals surface area contributed by atoms with Crippen molar-refractivity contribution in [1.82, 2.24) is 4.90 Å². The summed E-state index contributed by atoms with van der Waals surface area (Å²) >= 11 is 0. The summed E-state index contributed by atoms with van der Waals surface area (Å²) < 4.78 is 0. The number of fused-ring (bicyclic) bond motifs is 1. The van der Waals surface area contributed by atoms with Crippen LogP contribution in [0.4, 0.5) is 5.69 Å². The maximum absolute atomic E-state index is 12.4. The first kappa shape index (κ1) is 20.8. The molecular weight excluding hydrogens is 364 g/mol. The average Bonchev–Trinajstić information content (AvgIpc) is 2.94. The number of rotatable bonds is 8. The van der Waals surface area contributed by atoms with Crippen LogP contribution in [-0.2, 0) is 4.79 Å². The van der Waals surface area contributed by atoms with Crippen molar-refractivity contribution >= 4 is 23.4 Å². The molecule has 5 nitrogen and oxygen atoms in total. The fourth-order valence-electron chi connectivity index (χ4n) is 3.72. The number of nitrogens with one attached hydrogen (secondary N) is 1. The molecule has 1 aliphatic rings. The van der Waals surface area contributed by atoms with Crippen molar-refractivity contribution in [3.05, 3.63) is 64.7 Å². The van der Waals surface area contributed by atoms with Gasteiger partial charge in [-0.05, 0) is 48.9 Å². The van der Waals surface area contributed by atoms with Crippen molar-refractivity contribution in [3.8, 4) is 0 Å². The predicted molar refractivity (Wildman–Crippen MR) is 114 cm³/mol. The molecule has 0 aliphatic carbocycles. The molecule has 0 aromatic heterocycles. The van der Waals surface area contributed by atoms with E-state index >= 15 is 0 Å². The zero-order valence-corrected chi connectivity index (χ0v) is 17.3. The molecule has 0 saturated carbocycles. The fraction of sp³-hybridized carbons (Fsp3) is 0.375. The van der Waals surface area contributed by atoms with E-state index in [0.717, 1.165) is 29.7 Å². The van der Waals surface area contributed by atoms with Gasteiger partial charge in [0.1, 0.15) is 0 Å². The molecule has 0 unspecified atom stereocenters. The number of carbonyl (C=O) groups is 3. The summed E-state index contributed by atoms with van der Waals surface area (Å²) in [7, 11) is 0. The third-order valence-electron chi connectivity index (χ3n) is 5.36. The number of nitrogens with zero attached hydrogens (tertiary/aromatic N) is 1. The molecule has 0 radical (unpaired) electrons. The van der Waals surface area contributed by atoms with Gasteiger partial charge in [0.2, 0.25) is 5.91 Å². The van der Waals surface area contributed by atoms with Gasteiger partial charge >= 0.3 is 0 Å². The number of aryl methyl sites for hydroxylation is 1. The third kappa shape index (κ3) is 4.56. The van der Waals surface area contributed by atoms with E-state index in [1.165, 1.54) is 4.90 Å². The van der Waals surface area contributed by atoms with Gasteiger partial charge in [0, 0.05) is 18.7 Å². The molecule has 29 heavy (non-hydrogen) atoms. The number of hydrogen-bond acceptors (Lipinski definition) is 3. The van der Waals surface area contributed by atoms with Crippen LogP contribution in [0.15, 0.2) is 42.5 Å². The van der Waals surface area contributed by atoms with E-state index in [1.54, 1.807) is 24.3 Å². The van der Waals surface area contributed by atoms with Crippen LogP contribution in [-0.4, -0.2) is 29.2 Å². The molecule has 0 saturated heterocycles. The van der Waals surface area contributed by atoms with E-state index in [4.69, 9.17) is 0 Å². The molecule has 0 fully saturated rings. The zero-order chi connectivity index (χ0) is 21.0. The Morgan fingerprint density at radius 1 is 0.931 bits per heavy atom. The van der Waals surface area contributed by atoms with Gasteiger partial charge in [-0.15, -0.1) is 0 Å². The van der Waals surface area contributed by atoms with E-state index in [9.17, 15) is 14.4 Å². The van der Waals surface area contributed by atoms with Gasteiger partial charge in [-0.25, -0.2) is 0 Å². The molecule has 3 amide bonds. The quantitative estimate of drug-likeness (QED) is 0.512. The van der Waals surface area contributed by atoms with Gasteiger partial charge < -0.3 is 5.32 Å². The third-order valence-corrected chi connectivity index (χ3v) is 5.36. The molecule has 152 valence electrons. The van der Waals surface area contributed by atoms with E-state index in [1.807, 2.05) is 19.1 Å². The normalized spacial score (nSPS) is 13.2. The molecular formula is C24H28N2O3. The predicted octanol–water partition coefficient (Wildman–Crippen LogP) is 4.91. The monoisotopic (exact) mass is 392 g/mol. The fourth-order valence-corrected chi connectivity index (χ4v) is 3.72. The summed E-state index contributed by atoms with van der Waals surface area (Å²) in [5.41, 5.74) is 4.09. The lowest BCUT2D eigenvalue weighted by Gasteiger charge is -2.16. The number of anilines is 1. The average molecular weight is 392 g/mol. The van der Waals surface area contributed by atoms with Crippen molar-refractivity contribution in [1.29, 1.82) is 0 Å². The number of hydrogen-bond donors (Lipinski definition) is 1. The van der Waals surface area contributed by atoms with Gasteiger partial charge in [-0.3, -0.25) is 19.3 Å². The molecule has 1 heterocycles. The maximum atomic E-state index is 12.4. The number of amides is 3. The van der Waals surface area contributed by atoms with Crippen LogP contribution < -0.4 is 5.32 Å². The number of carbonyl (C=O) groups excluding carboxylic acids is 3. The van der Waals surface area contributed by atoms with Gasteiger partial charge in [0.15, 0.2) is 0 Å². The van der Waals surface area contributed by atoms with Crippen LogP contribution in [0.25, 0.3) is 0 Å². The minimum atomic E-state index is -0.218. The van der Waals surface area contributed by atoms with Crippen molar-refractivity contribution in [2.75, 3.05) is 11.9 Å².